The zero-order valence-electron chi connectivity index (χ0n) is 12.4. The number of hydrogen-bond donors (Lipinski definition) is 1. The molecule has 0 aliphatic rings. The highest BCUT2D eigenvalue weighted by atomic mass is 79.9. The molecular formula is C16H22BrN3. The molecule has 0 fully saturated rings. The molecule has 0 spiro atoms. The van der Waals surface area contributed by atoms with Gasteiger partial charge >= 0.3 is 0 Å². The van der Waals surface area contributed by atoms with Crippen LogP contribution in [-0.4, -0.2) is 16.3 Å². The first-order valence-electron chi connectivity index (χ1n) is 7.09. The summed E-state index contributed by atoms with van der Waals surface area (Å²) in [7, 11) is 2.02. The molecule has 2 rings (SSSR count). The molecule has 1 aromatic carbocycles. The van der Waals surface area contributed by atoms with Crippen molar-refractivity contribution in [1.29, 1.82) is 0 Å². The SMILES string of the molecule is CCCNC(Cc1ccccc1Br)c1cc(C)nn1C. The standard InChI is InChI=1S/C16H22BrN3/c1-4-9-18-15(16-10-12(2)19-20(16)3)11-13-7-5-6-8-14(13)17/h5-8,10,15,18H,4,9,11H2,1-3H3. The van der Waals surface area contributed by atoms with Crippen LogP contribution in [-0.2, 0) is 13.5 Å². The van der Waals surface area contributed by atoms with E-state index in [1.54, 1.807) is 0 Å². The molecule has 2 aromatic rings. The smallest absolute Gasteiger partial charge is 0.0597 e. The van der Waals surface area contributed by atoms with Crippen LogP contribution in [0.2, 0.25) is 0 Å². The fourth-order valence-electron chi connectivity index (χ4n) is 2.44. The summed E-state index contributed by atoms with van der Waals surface area (Å²) < 4.78 is 3.15. The number of nitrogens with one attached hydrogen (secondary N) is 1. The zero-order valence-corrected chi connectivity index (χ0v) is 13.9. The Bertz CT molecular complexity index is 563. The van der Waals surface area contributed by atoms with Crippen LogP contribution in [0.5, 0.6) is 0 Å². The lowest BCUT2D eigenvalue weighted by Gasteiger charge is -2.19. The Morgan fingerprint density at radius 2 is 2.10 bits per heavy atom. The van der Waals surface area contributed by atoms with E-state index in [1.165, 1.54) is 15.7 Å². The summed E-state index contributed by atoms with van der Waals surface area (Å²) in [6, 6.07) is 10.9. The molecule has 1 atom stereocenters. The second-order valence-electron chi connectivity index (χ2n) is 5.14. The molecule has 1 N–H and O–H groups in total. The second-order valence-corrected chi connectivity index (χ2v) is 5.99. The second kappa shape index (κ2) is 7.04. The molecule has 0 aliphatic carbocycles. The van der Waals surface area contributed by atoms with Gasteiger partial charge in [-0.25, -0.2) is 0 Å². The Morgan fingerprint density at radius 1 is 1.35 bits per heavy atom. The van der Waals surface area contributed by atoms with E-state index in [-0.39, 0.29) is 0 Å². The number of rotatable bonds is 6. The molecule has 0 radical (unpaired) electrons. The summed E-state index contributed by atoms with van der Waals surface area (Å²) in [5.74, 6) is 0. The van der Waals surface area contributed by atoms with Crippen LogP contribution in [0.25, 0.3) is 0 Å². The van der Waals surface area contributed by atoms with Gasteiger partial charge in [-0.2, -0.15) is 5.10 Å². The van der Waals surface area contributed by atoms with Crippen LogP contribution >= 0.6 is 15.9 Å². The van der Waals surface area contributed by atoms with Gasteiger partial charge < -0.3 is 5.32 Å². The van der Waals surface area contributed by atoms with Crippen LogP contribution in [0.15, 0.2) is 34.8 Å². The van der Waals surface area contributed by atoms with Gasteiger partial charge in [0.15, 0.2) is 0 Å². The number of benzene rings is 1. The Balaban J connectivity index is 2.24. The molecule has 4 heteroatoms. The van der Waals surface area contributed by atoms with Gasteiger partial charge in [0, 0.05) is 11.5 Å². The first kappa shape index (κ1) is 15.3. The molecule has 1 unspecified atom stereocenters. The maximum absolute atomic E-state index is 4.47. The zero-order chi connectivity index (χ0) is 14.5. The van der Waals surface area contributed by atoms with Crippen LogP contribution in [0.4, 0.5) is 0 Å². The lowest BCUT2D eigenvalue weighted by molar-refractivity contribution is 0.492. The van der Waals surface area contributed by atoms with Gasteiger partial charge in [0.25, 0.3) is 0 Å². The predicted octanol–water partition coefficient (Wildman–Crippen LogP) is 3.77. The third kappa shape index (κ3) is 3.70. The van der Waals surface area contributed by atoms with E-state index in [1.807, 2.05) is 18.7 Å². The Kier molecular flexibility index (Phi) is 5.38. The van der Waals surface area contributed by atoms with Gasteiger partial charge in [-0.05, 0) is 44.0 Å². The lowest BCUT2D eigenvalue weighted by atomic mass is 10.0. The Hall–Kier alpha value is -1.13. The molecule has 3 nitrogen and oxygen atoms in total. The van der Waals surface area contributed by atoms with Crippen LogP contribution in [0, 0.1) is 6.92 Å². The topological polar surface area (TPSA) is 29.9 Å². The fourth-order valence-corrected chi connectivity index (χ4v) is 2.89. The summed E-state index contributed by atoms with van der Waals surface area (Å²) in [5.41, 5.74) is 3.63. The third-order valence-corrected chi connectivity index (χ3v) is 4.19. The van der Waals surface area contributed by atoms with E-state index >= 15 is 0 Å². The van der Waals surface area contributed by atoms with Crippen molar-refractivity contribution in [3.05, 3.63) is 51.8 Å². The summed E-state index contributed by atoms with van der Waals surface area (Å²) in [5, 5.41) is 8.10. The number of halogens is 1. The van der Waals surface area contributed by atoms with Crippen molar-refractivity contribution in [2.75, 3.05) is 6.54 Å². The van der Waals surface area contributed by atoms with Gasteiger partial charge in [0.05, 0.1) is 17.4 Å². The van der Waals surface area contributed by atoms with Crippen molar-refractivity contribution in [3.8, 4) is 0 Å². The fraction of sp³-hybridized carbons (Fsp3) is 0.438. The molecule has 20 heavy (non-hydrogen) atoms. The predicted molar refractivity (Wildman–Crippen MR) is 86.8 cm³/mol. The molecule has 0 aliphatic heterocycles. The van der Waals surface area contributed by atoms with E-state index in [4.69, 9.17) is 0 Å². The Morgan fingerprint density at radius 3 is 2.70 bits per heavy atom. The minimum atomic E-state index is 0.292. The van der Waals surface area contributed by atoms with Crippen LogP contribution in [0.1, 0.15) is 36.3 Å². The lowest BCUT2D eigenvalue weighted by Crippen LogP contribution is -2.26. The largest absolute Gasteiger partial charge is 0.308 e. The van der Waals surface area contributed by atoms with Gasteiger partial charge in [-0.15, -0.1) is 0 Å². The third-order valence-electron chi connectivity index (χ3n) is 3.42. The van der Waals surface area contributed by atoms with Crippen LogP contribution < -0.4 is 5.32 Å². The van der Waals surface area contributed by atoms with Gasteiger partial charge in [-0.1, -0.05) is 41.1 Å². The average molecular weight is 336 g/mol. The highest BCUT2D eigenvalue weighted by Gasteiger charge is 2.17. The molecule has 0 saturated heterocycles. The Labute approximate surface area is 129 Å². The van der Waals surface area contributed by atoms with E-state index < -0.39 is 0 Å². The molecule has 0 amide bonds. The molecule has 1 aromatic heterocycles. The normalized spacial score (nSPS) is 12.6. The summed E-state index contributed by atoms with van der Waals surface area (Å²) in [4.78, 5) is 0. The van der Waals surface area contributed by atoms with E-state index in [9.17, 15) is 0 Å². The van der Waals surface area contributed by atoms with Gasteiger partial charge in [-0.3, -0.25) is 4.68 Å². The number of hydrogen-bond acceptors (Lipinski definition) is 2. The number of aryl methyl sites for hydroxylation is 2. The summed E-state index contributed by atoms with van der Waals surface area (Å²) in [6.45, 7) is 5.25. The minimum Gasteiger partial charge on any atom is -0.308 e. The number of aromatic nitrogens is 2. The van der Waals surface area contributed by atoms with E-state index in [2.05, 4.69) is 63.6 Å². The molecular weight excluding hydrogens is 314 g/mol. The van der Waals surface area contributed by atoms with E-state index in [0.29, 0.717) is 6.04 Å². The summed E-state index contributed by atoms with van der Waals surface area (Å²) in [6.07, 6.45) is 2.09. The highest BCUT2D eigenvalue weighted by Crippen LogP contribution is 2.24. The molecule has 108 valence electrons. The molecule has 1 heterocycles. The van der Waals surface area contributed by atoms with Crippen molar-refractivity contribution in [3.63, 3.8) is 0 Å². The summed E-state index contributed by atoms with van der Waals surface area (Å²) >= 11 is 3.64. The van der Waals surface area contributed by atoms with Gasteiger partial charge in [0.2, 0.25) is 0 Å². The first-order chi connectivity index (χ1) is 9.61. The quantitative estimate of drug-likeness (QED) is 0.870. The average Bonchev–Trinajstić information content (AvgIpc) is 2.75. The van der Waals surface area contributed by atoms with E-state index in [0.717, 1.165) is 25.1 Å². The first-order valence-corrected chi connectivity index (χ1v) is 7.88. The van der Waals surface area contributed by atoms with Crippen molar-refractivity contribution < 1.29 is 0 Å². The van der Waals surface area contributed by atoms with Crippen LogP contribution in [0.3, 0.4) is 0 Å². The van der Waals surface area contributed by atoms with Crippen molar-refractivity contribution in [2.45, 2.75) is 32.7 Å². The molecule has 0 bridgehead atoms. The van der Waals surface area contributed by atoms with Crippen molar-refractivity contribution >= 4 is 15.9 Å². The van der Waals surface area contributed by atoms with Crippen molar-refractivity contribution in [2.24, 2.45) is 7.05 Å². The van der Waals surface area contributed by atoms with Gasteiger partial charge in [0.1, 0.15) is 0 Å². The van der Waals surface area contributed by atoms with Crippen molar-refractivity contribution in [1.82, 2.24) is 15.1 Å². The maximum Gasteiger partial charge on any atom is 0.0597 e. The maximum atomic E-state index is 4.47. The number of nitrogens with zero attached hydrogens (tertiary/aromatic N) is 2. The molecule has 0 saturated carbocycles. The minimum absolute atomic E-state index is 0.292. The monoisotopic (exact) mass is 335 g/mol. The highest BCUT2D eigenvalue weighted by molar-refractivity contribution is 9.10.